The molecule has 1 aliphatic heterocycles. The van der Waals surface area contributed by atoms with E-state index < -0.39 is 0 Å². The van der Waals surface area contributed by atoms with Gasteiger partial charge in [0.1, 0.15) is 11.4 Å². The third-order valence-electron chi connectivity index (χ3n) is 2.85. The Morgan fingerprint density at radius 3 is 2.53 bits per heavy atom. The summed E-state index contributed by atoms with van der Waals surface area (Å²) in [5.41, 5.74) is 1.97. The molecule has 17 heavy (non-hydrogen) atoms. The maximum atomic E-state index is 4.67. The largest absolute Gasteiger partial charge is 0.365 e. The van der Waals surface area contributed by atoms with Crippen molar-refractivity contribution in [3.63, 3.8) is 0 Å². The second kappa shape index (κ2) is 4.62. The molecule has 3 rings (SSSR count). The molecule has 0 spiro atoms. The molecule has 1 aliphatic rings. The maximum Gasteiger partial charge on any atom is 0.185 e. The number of hydrogen-bond donors (Lipinski definition) is 1. The second-order valence-electron chi connectivity index (χ2n) is 4.00. The number of thiazole rings is 2. The molecule has 0 saturated carbocycles. The second-order valence-corrected chi connectivity index (χ2v) is 5.69. The van der Waals surface area contributed by atoms with E-state index in [4.69, 9.17) is 0 Å². The van der Waals surface area contributed by atoms with Crippen LogP contribution in [0.1, 0.15) is 12.8 Å². The Morgan fingerprint density at radius 1 is 1.12 bits per heavy atom. The lowest BCUT2D eigenvalue weighted by molar-refractivity contribution is 0.949. The predicted molar refractivity (Wildman–Crippen MR) is 74.2 cm³/mol. The van der Waals surface area contributed by atoms with Crippen molar-refractivity contribution in [2.45, 2.75) is 12.8 Å². The summed E-state index contributed by atoms with van der Waals surface area (Å²) in [6.45, 7) is 2.29. The van der Waals surface area contributed by atoms with E-state index >= 15 is 0 Å². The molecular weight excluding hydrogens is 252 g/mol. The van der Waals surface area contributed by atoms with Crippen molar-refractivity contribution in [2.75, 3.05) is 30.4 Å². The van der Waals surface area contributed by atoms with Crippen molar-refractivity contribution in [1.82, 2.24) is 9.97 Å². The molecule has 1 N–H and O–H groups in total. The van der Waals surface area contributed by atoms with Gasteiger partial charge in [0.25, 0.3) is 0 Å². The molecule has 0 bridgehead atoms. The molecule has 4 nitrogen and oxygen atoms in total. The molecule has 1 saturated heterocycles. The van der Waals surface area contributed by atoms with E-state index in [-0.39, 0.29) is 0 Å². The first-order valence-corrected chi connectivity index (χ1v) is 7.47. The lowest BCUT2D eigenvalue weighted by Crippen LogP contribution is -2.17. The van der Waals surface area contributed by atoms with Crippen molar-refractivity contribution in [2.24, 2.45) is 0 Å². The molecule has 3 heterocycles. The van der Waals surface area contributed by atoms with Gasteiger partial charge in [-0.3, -0.25) is 0 Å². The van der Waals surface area contributed by atoms with Gasteiger partial charge in [-0.2, -0.15) is 0 Å². The van der Waals surface area contributed by atoms with E-state index in [1.807, 2.05) is 7.05 Å². The van der Waals surface area contributed by atoms with Crippen molar-refractivity contribution in [3.8, 4) is 11.4 Å². The molecule has 2 aromatic rings. The van der Waals surface area contributed by atoms with Crippen LogP contribution in [-0.4, -0.2) is 30.1 Å². The van der Waals surface area contributed by atoms with Gasteiger partial charge in [0, 0.05) is 30.9 Å². The average molecular weight is 266 g/mol. The minimum absolute atomic E-state index is 0.940. The molecular formula is C11H14N4S2. The van der Waals surface area contributed by atoms with Crippen molar-refractivity contribution >= 4 is 32.9 Å². The third-order valence-corrected chi connectivity index (χ3v) is 4.61. The molecule has 0 amide bonds. The molecule has 0 aromatic carbocycles. The van der Waals surface area contributed by atoms with Gasteiger partial charge >= 0.3 is 0 Å². The molecule has 0 aliphatic carbocycles. The van der Waals surface area contributed by atoms with Crippen LogP contribution in [0.3, 0.4) is 0 Å². The van der Waals surface area contributed by atoms with Crippen LogP contribution in [0.5, 0.6) is 0 Å². The summed E-state index contributed by atoms with van der Waals surface area (Å²) in [4.78, 5) is 11.5. The summed E-state index contributed by atoms with van der Waals surface area (Å²) in [5, 5.41) is 9.28. The summed E-state index contributed by atoms with van der Waals surface area (Å²) < 4.78 is 0. The van der Waals surface area contributed by atoms with E-state index in [1.54, 1.807) is 22.7 Å². The minimum atomic E-state index is 0.940. The fourth-order valence-electron chi connectivity index (χ4n) is 1.94. The number of rotatable bonds is 3. The smallest absolute Gasteiger partial charge is 0.185 e. The van der Waals surface area contributed by atoms with Crippen LogP contribution in [-0.2, 0) is 0 Å². The quantitative estimate of drug-likeness (QED) is 0.927. The monoisotopic (exact) mass is 266 g/mol. The number of aromatic nitrogens is 2. The van der Waals surface area contributed by atoms with Crippen LogP contribution in [0.4, 0.5) is 10.3 Å². The molecule has 0 unspecified atom stereocenters. The SMILES string of the molecule is CNc1nc(-c2csc(N3CCCC3)n2)cs1. The van der Waals surface area contributed by atoms with Crippen LogP contribution >= 0.6 is 22.7 Å². The normalized spacial score (nSPS) is 15.5. The highest BCUT2D eigenvalue weighted by atomic mass is 32.1. The standard InChI is InChI=1S/C11H14N4S2/c1-12-10-13-8(6-16-10)9-7-17-11(14-9)15-4-2-3-5-15/h6-7H,2-5H2,1H3,(H,12,13). The van der Waals surface area contributed by atoms with Gasteiger partial charge in [-0.15, -0.1) is 22.7 Å². The van der Waals surface area contributed by atoms with E-state index in [2.05, 4.69) is 30.9 Å². The summed E-state index contributed by atoms with van der Waals surface area (Å²) in [6.07, 6.45) is 2.57. The number of hydrogen-bond acceptors (Lipinski definition) is 6. The van der Waals surface area contributed by atoms with Gasteiger partial charge in [0.2, 0.25) is 0 Å². The van der Waals surface area contributed by atoms with Crippen molar-refractivity contribution < 1.29 is 0 Å². The molecule has 6 heteroatoms. The van der Waals surface area contributed by atoms with Gasteiger partial charge in [-0.05, 0) is 12.8 Å². The molecule has 2 aromatic heterocycles. The zero-order valence-corrected chi connectivity index (χ0v) is 11.3. The lowest BCUT2D eigenvalue weighted by atomic mass is 10.4. The molecule has 0 atom stereocenters. The Bertz CT molecular complexity index is 499. The highest BCUT2D eigenvalue weighted by molar-refractivity contribution is 7.14. The number of anilines is 2. The minimum Gasteiger partial charge on any atom is -0.365 e. The van der Waals surface area contributed by atoms with E-state index in [1.165, 1.54) is 12.8 Å². The summed E-state index contributed by atoms with van der Waals surface area (Å²) in [7, 11) is 1.89. The molecule has 90 valence electrons. The zero-order chi connectivity index (χ0) is 11.7. The van der Waals surface area contributed by atoms with Crippen LogP contribution < -0.4 is 10.2 Å². The molecule has 0 radical (unpaired) electrons. The van der Waals surface area contributed by atoms with Gasteiger partial charge < -0.3 is 10.2 Å². The van der Waals surface area contributed by atoms with Crippen molar-refractivity contribution in [1.29, 1.82) is 0 Å². The van der Waals surface area contributed by atoms with Gasteiger partial charge in [-0.1, -0.05) is 0 Å². The van der Waals surface area contributed by atoms with E-state index in [0.717, 1.165) is 34.7 Å². The number of nitrogens with zero attached hydrogens (tertiary/aromatic N) is 3. The van der Waals surface area contributed by atoms with E-state index in [9.17, 15) is 0 Å². The highest BCUT2D eigenvalue weighted by Gasteiger charge is 2.16. The lowest BCUT2D eigenvalue weighted by Gasteiger charge is -2.11. The van der Waals surface area contributed by atoms with Crippen molar-refractivity contribution in [3.05, 3.63) is 10.8 Å². The van der Waals surface area contributed by atoms with Gasteiger partial charge in [0.05, 0.1) is 0 Å². The Labute approximate surface area is 108 Å². The third kappa shape index (κ3) is 2.14. The van der Waals surface area contributed by atoms with Gasteiger partial charge in [-0.25, -0.2) is 9.97 Å². The average Bonchev–Trinajstić information content (AvgIpc) is 3.09. The predicted octanol–water partition coefficient (Wildman–Crippen LogP) is 2.91. The number of nitrogens with one attached hydrogen (secondary N) is 1. The van der Waals surface area contributed by atoms with E-state index in [0.29, 0.717) is 0 Å². The zero-order valence-electron chi connectivity index (χ0n) is 9.64. The highest BCUT2D eigenvalue weighted by Crippen LogP contribution is 2.30. The van der Waals surface area contributed by atoms with Gasteiger partial charge in [0.15, 0.2) is 10.3 Å². The first kappa shape index (κ1) is 11.0. The fraction of sp³-hybridized carbons (Fsp3) is 0.455. The first-order chi connectivity index (χ1) is 8.36. The Hall–Kier alpha value is -1.14. The van der Waals surface area contributed by atoms with Crippen LogP contribution in [0, 0.1) is 0 Å². The summed E-state index contributed by atoms with van der Waals surface area (Å²) in [6, 6.07) is 0. The molecule has 1 fully saturated rings. The van der Waals surface area contributed by atoms with Crippen LogP contribution in [0.15, 0.2) is 10.8 Å². The Morgan fingerprint density at radius 2 is 1.82 bits per heavy atom. The summed E-state index contributed by atoms with van der Waals surface area (Å²) in [5.74, 6) is 0. The fourth-order valence-corrected chi connectivity index (χ4v) is 3.48. The Kier molecular flexibility index (Phi) is 2.98. The van der Waals surface area contributed by atoms with Crippen LogP contribution in [0.2, 0.25) is 0 Å². The van der Waals surface area contributed by atoms with Crippen LogP contribution in [0.25, 0.3) is 11.4 Å². The maximum absolute atomic E-state index is 4.67. The topological polar surface area (TPSA) is 41.1 Å². The first-order valence-electron chi connectivity index (χ1n) is 5.71. The Balaban J connectivity index is 1.83. The summed E-state index contributed by atoms with van der Waals surface area (Å²) >= 11 is 3.33.